The molecule has 0 heterocycles. The smallest absolute Gasteiger partial charge is 0.137 e. The van der Waals surface area contributed by atoms with Crippen LogP contribution < -0.4 is 0 Å². The highest BCUT2D eigenvalue weighted by atomic mass is 79.9. The Labute approximate surface area is 86.0 Å². The first-order valence-electron chi connectivity index (χ1n) is 4.37. The van der Waals surface area contributed by atoms with Crippen LogP contribution in [0, 0.1) is 0 Å². The van der Waals surface area contributed by atoms with Gasteiger partial charge < -0.3 is 9.47 Å². The van der Waals surface area contributed by atoms with Crippen LogP contribution in [-0.2, 0) is 9.47 Å². The average molecular weight is 253 g/mol. The van der Waals surface area contributed by atoms with E-state index in [4.69, 9.17) is 9.47 Å². The van der Waals surface area contributed by atoms with Gasteiger partial charge in [-0.15, -0.1) is 0 Å². The summed E-state index contributed by atoms with van der Waals surface area (Å²) in [5.74, 6) is 0.0408. The lowest BCUT2D eigenvalue weighted by Crippen LogP contribution is -2.24. The zero-order valence-corrected chi connectivity index (χ0v) is 10.4. The van der Waals surface area contributed by atoms with Gasteiger partial charge in [-0.3, -0.25) is 0 Å². The topological polar surface area (TPSA) is 18.5 Å². The maximum absolute atomic E-state index is 5.40. The molecule has 0 bridgehead atoms. The van der Waals surface area contributed by atoms with Gasteiger partial charge in [-0.05, 0) is 20.3 Å². The summed E-state index contributed by atoms with van der Waals surface area (Å²) in [5, 5.41) is 1.07. The normalized spacial score (nSPS) is 11.0. The van der Waals surface area contributed by atoms with Crippen molar-refractivity contribution in [2.45, 2.75) is 32.2 Å². The predicted molar refractivity (Wildman–Crippen MR) is 56.0 cm³/mol. The molecule has 0 atom stereocenters. The van der Waals surface area contributed by atoms with Gasteiger partial charge in [-0.1, -0.05) is 22.0 Å². The van der Waals surface area contributed by atoms with Crippen molar-refractivity contribution in [2.75, 3.05) is 18.5 Å². The Morgan fingerprint density at radius 1 is 1.25 bits per heavy atom. The average Bonchev–Trinajstić information content (AvgIpc) is 2.06. The van der Waals surface area contributed by atoms with Crippen LogP contribution >= 0.6 is 15.9 Å². The molecule has 0 fully saturated rings. The second kappa shape index (κ2) is 9.70. The lowest BCUT2D eigenvalue weighted by molar-refractivity contribution is -0.0827. The Balaban J connectivity index is 3.34. The monoisotopic (exact) mass is 252 g/mol. The summed E-state index contributed by atoms with van der Waals surface area (Å²) < 4.78 is 10.8. The van der Waals surface area contributed by atoms with Crippen molar-refractivity contribution in [1.29, 1.82) is 0 Å². The van der Waals surface area contributed by atoms with E-state index in [2.05, 4.69) is 15.9 Å². The second-order valence-electron chi connectivity index (χ2n) is 2.24. The summed E-state index contributed by atoms with van der Waals surface area (Å²) in [7, 11) is 0.769. The van der Waals surface area contributed by atoms with Gasteiger partial charge in [-0.2, -0.15) is 0 Å². The van der Waals surface area contributed by atoms with E-state index < -0.39 is 0 Å². The van der Waals surface area contributed by atoms with E-state index in [9.17, 15) is 0 Å². The molecule has 0 aliphatic heterocycles. The molecule has 0 aliphatic carbocycles. The summed E-state index contributed by atoms with van der Waals surface area (Å²) in [6.45, 7) is 5.49. The summed E-state index contributed by atoms with van der Waals surface area (Å²) in [4.78, 5) is 0. The molecule has 0 unspecified atom stereocenters. The first-order valence-corrected chi connectivity index (χ1v) is 6.78. The van der Waals surface area contributed by atoms with Crippen LogP contribution in [0.2, 0.25) is 6.04 Å². The van der Waals surface area contributed by atoms with Crippen LogP contribution in [0.1, 0.15) is 20.3 Å². The van der Waals surface area contributed by atoms with Crippen molar-refractivity contribution in [1.82, 2.24) is 0 Å². The molecule has 12 heavy (non-hydrogen) atoms. The minimum absolute atomic E-state index is 0.0408. The van der Waals surface area contributed by atoms with Gasteiger partial charge in [0.2, 0.25) is 0 Å². The van der Waals surface area contributed by atoms with Gasteiger partial charge >= 0.3 is 0 Å². The SMILES string of the molecule is CCOC(OCC)[Si]CCCBr. The third kappa shape index (κ3) is 7.28. The molecule has 0 aliphatic rings. The zero-order valence-electron chi connectivity index (χ0n) is 7.81. The highest BCUT2D eigenvalue weighted by Crippen LogP contribution is 2.00. The molecule has 0 N–H and O–H groups in total. The van der Waals surface area contributed by atoms with Crippen LogP contribution in [0.15, 0.2) is 0 Å². The molecule has 2 radical (unpaired) electrons. The van der Waals surface area contributed by atoms with Crippen LogP contribution in [0.3, 0.4) is 0 Å². The van der Waals surface area contributed by atoms with E-state index in [0.717, 1.165) is 28.1 Å². The highest BCUT2D eigenvalue weighted by molar-refractivity contribution is 9.09. The van der Waals surface area contributed by atoms with Gasteiger partial charge in [0, 0.05) is 18.5 Å². The van der Waals surface area contributed by atoms with Gasteiger partial charge in [0.25, 0.3) is 0 Å². The maximum atomic E-state index is 5.40. The molecule has 0 spiro atoms. The van der Waals surface area contributed by atoms with Crippen LogP contribution in [0.25, 0.3) is 0 Å². The molecule has 72 valence electrons. The number of alkyl halides is 1. The Morgan fingerprint density at radius 3 is 2.25 bits per heavy atom. The molecule has 0 saturated carbocycles. The van der Waals surface area contributed by atoms with Crippen LogP contribution in [-0.4, -0.2) is 34.0 Å². The number of halogens is 1. The Kier molecular flexibility index (Phi) is 10.2. The lowest BCUT2D eigenvalue weighted by Gasteiger charge is -2.15. The minimum atomic E-state index is 0.0408. The molecule has 0 aromatic heterocycles. The van der Waals surface area contributed by atoms with Crippen LogP contribution in [0.5, 0.6) is 0 Å². The molecule has 0 amide bonds. The third-order valence-electron chi connectivity index (χ3n) is 1.26. The summed E-state index contributed by atoms with van der Waals surface area (Å²) >= 11 is 3.40. The van der Waals surface area contributed by atoms with Crippen molar-refractivity contribution in [3.63, 3.8) is 0 Å². The largest absolute Gasteiger partial charge is 0.357 e. The first kappa shape index (κ1) is 12.6. The van der Waals surface area contributed by atoms with E-state index in [1.165, 1.54) is 12.5 Å². The van der Waals surface area contributed by atoms with E-state index >= 15 is 0 Å². The number of hydrogen-bond donors (Lipinski definition) is 0. The van der Waals surface area contributed by atoms with E-state index in [0.29, 0.717) is 0 Å². The van der Waals surface area contributed by atoms with Gasteiger partial charge in [-0.25, -0.2) is 0 Å². The number of hydrogen-bond acceptors (Lipinski definition) is 2. The fraction of sp³-hybridized carbons (Fsp3) is 1.00. The standard InChI is InChI=1S/C8H17BrO2Si/c1-3-10-8(11-4-2)12-7-5-6-9/h8H,3-7H2,1-2H3. The Hall–Kier alpha value is 0.617. The molecular formula is C8H17BrO2Si. The van der Waals surface area contributed by atoms with Crippen molar-refractivity contribution >= 4 is 25.4 Å². The van der Waals surface area contributed by atoms with E-state index in [1.807, 2.05) is 13.8 Å². The minimum Gasteiger partial charge on any atom is -0.357 e. The first-order chi connectivity index (χ1) is 5.85. The summed E-state index contributed by atoms with van der Waals surface area (Å²) in [6.07, 6.45) is 1.20. The quantitative estimate of drug-likeness (QED) is 0.286. The van der Waals surface area contributed by atoms with Crippen molar-refractivity contribution in [3.05, 3.63) is 0 Å². The Morgan fingerprint density at radius 2 is 1.83 bits per heavy atom. The van der Waals surface area contributed by atoms with E-state index in [1.54, 1.807) is 0 Å². The lowest BCUT2D eigenvalue weighted by atomic mass is 10.6. The second-order valence-corrected chi connectivity index (χ2v) is 4.41. The maximum Gasteiger partial charge on any atom is 0.137 e. The number of ether oxygens (including phenoxy) is 2. The van der Waals surface area contributed by atoms with Gasteiger partial charge in [0.15, 0.2) is 0 Å². The van der Waals surface area contributed by atoms with Gasteiger partial charge in [0.1, 0.15) is 15.4 Å². The van der Waals surface area contributed by atoms with E-state index in [-0.39, 0.29) is 5.91 Å². The van der Waals surface area contributed by atoms with Gasteiger partial charge in [0.05, 0.1) is 0 Å². The third-order valence-corrected chi connectivity index (χ3v) is 3.13. The fourth-order valence-electron chi connectivity index (χ4n) is 0.755. The molecule has 0 aromatic carbocycles. The molecule has 2 nitrogen and oxygen atoms in total. The fourth-order valence-corrected chi connectivity index (χ4v) is 2.74. The molecule has 0 saturated heterocycles. The molecule has 4 heteroatoms. The van der Waals surface area contributed by atoms with Crippen molar-refractivity contribution in [2.24, 2.45) is 0 Å². The molecule has 0 rings (SSSR count). The molecule has 0 aromatic rings. The van der Waals surface area contributed by atoms with Crippen LogP contribution in [0.4, 0.5) is 0 Å². The predicted octanol–water partition coefficient (Wildman–Crippen LogP) is 2.25. The summed E-state index contributed by atoms with van der Waals surface area (Å²) in [5.41, 5.74) is 0. The van der Waals surface area contributed by atoms with Crippen molar-refractivity contribution < 1.29 is 9.47 Å². The van der Waals surface area contributed by atoms with Crippen molar-refractivity contribution in [3.8, 4) is 0 Å². The highest BCUT2D eigenvalue weighted by Gasteiger charge is 2.07. The zero-order chi connectivity index (χ0) is 9.23. The number of rotatable bonds is 8. The Bertz CT molecular complexity index is 87.1. The molecular weight excluding hydrogens is 236 g/mol. The summed E-state index contributed by atoms with van der Waals surface area (Å²) in [6, 6.07) is 1.19.